The number of rotatable bonds is 5. The molecule has 0 radical (unpaired) electrons. The molecule has 1 unspecified atom stereocenters. The van der Waals surface area contributed by atoms with Gasteiger partial charge in [0.25, 0.3) is 0 Å². The number of hydrogen-bond donors (Lipinski definition) is 1. The number of nitrogens with one attached hydrogen (secondary N) is 1. The van der Waals surface area contributed by atoms with Crippen LogP contribution in [0.5, 0.6) is 0 Å². The van der Waals surface area contributed by atoms with Gasteiger partial charge in [0.15, 0.2) is 0 Å². The molecule has 2 amide bonds. The highest BCUT2D eigenvalue weighted by molar-refractivity contribution is 5.85. The summed E-state index contributed by atoms with van der Waals surface area (Å²) in [5.74, 6) is -0.0609. The Hall–Kier alpha value is -1.91. The van der Waals surface area contributed by atoms with Crippen LogP contribution in [-0.4, -0.2) is 34.8 Å². The first kappa shape index (κ1) is 14.5. The fraction of sp³-hybridized carbons (Fsp3) is 0.533. The van der Waals surface area contributed by atoms with E-state index in [4.69, 9.17) is 0 Å². The normalized spacial score (nSPS) is 18.1. The third-order valence-electron chi connectivity index (χ3n) is 3.58. The van der Waals surface area contributed by atoms with Gasteiger partial charge in [0.2, 0.25) is 11.8 Å². The van der Waals surface area contributed by atoms with Crippen LogP contribution in [0, 0.1) is 0 Å². The second-order valence-electron chi connectivity index (χ2n) is 5.05. The summed E-state index contributed by atoms with van der Waals surface area (Å²) in [4.78, 5) is 29.5. The lowest BCUT2D eigenvalue weighted by Gasteiger charge is -2.25. The largest absolute Gasteiger partial charge is 0.347 e. The minimum atomic E-state index is -0.0551. The Kier molecular flexibility index (Phi) is 5.09. The Morgan fingerprint density at radius 1 is 1.40 bits per heavy atom. The van der Waals surface area contributed by atoms with E-state index in [1.807, 2.05) is 24.0 Å². The van der Waals surface area contributed by atoms with Gasteiger partial charge in [-0.3, -0.25) is 14.6 Å². The summed E-state index contributed by atoms with van der Waals surface area (Å²) >= 11 is 0. The van der Waals surface area contributed by atoms with Crippen LogP contribution in [0.3, 0.4) is 0 Å². The van der Waals surface area contributed by atoms with Gasteiger partial charge in [-0.25, -0.2) is 0 Å². The summed E-state index contributed by atoms with van der Waals surface area (Å²) in [6.45, 7) is 2.80. The van der Waals surface area contributed by atoms with Gasteiger partial charge in [-0.2, -0.15) is 0 Å². The maximum atomic E-state index is 12.2. The van der Waals surface area contributed by atoms with Gasteiger partial charge in [0.1, 0.15) is 0 Å². The number of hydrogen-bond acceptors (Lipinski definition) is 3. The zero-order valence-electron chi connectivity index (χ0n) is 11.8. The van der Waals surface area contributed by atoms with Crippen molar-refractivity contribution in [2.24, 2.45) is 0 Å². The molecule has 0 aliphatic carbocycles. The zero-order chi connectivity index (χ0) is 14.4. The van der Waals surface area contributed by atoms with Crippen molar-refractivity contribution in [2.45, 2.75) is 38.6 Å². The first-order valence-corrected chi connectivity index (χ1v) is 7.18. The fourth-order valence-corrected chi connectivity index (χ4v) is 2.59. The summed E-state index contributed by atoms with van der Waals surface area (Å²) in [6, 6.07) is 4.02. The van der Waals surface area contributed by atoms with Crippen LogP contribution in [0.4, 0.5) is 0 Å². The quantitative estimate of drug-likeness (QED) is 0.889. The molecule has 5 nitrogen and oxygen atoms in total. The molecule has 20 heavy (non-hydrogen) atoms. The van der Waals surface area contributed by atoms with Gasteiger partial charge in [0.05, 0.1) is 12.6 Å². The van der Waals surface area contributed by atoms with Gasteiger partial charge in [-0.05, 0) is 37.0 Å². The molecule has 1 aliphatic heterocycles. The molecule has 0 spiro atoms. The standard InChI is InChI=1S/C15H21N3O2/c1-2-4-14(19)17-11-15(20)18-10-3-5-13(18)12-6-8-16-9-7-12/h6-9,13H,2-5,10-11H2,1H3,(H,17,19). The third-order valence-corrected chi connectivity index (χ3v) is 3.58. The highest BCUT2D eigenvalue weighted by Crippen LogP contribution is 2.31. The van der Waals surface area contributed by atoms with Crippen LogP contribution < -0.4 is 5.32 Å². The van der Waals surface area contributed by atoms with Crippen LogP contribution in [0.25, 0.3) is 0 Å². The fourth-order valence-electron chi connectivity index (χ4n) is 2.59. The second kappa shape index (κ2) is 7.03. The van der Waals surface area contributed by atoms with Gasteiger partial charge in [-0.1, -0.05) is 6.92 Å². The SMILES string of the molecule is CCCC(=O)NCC(=O)N1CCCC1c1ccncc1. The number of carbonyl (C=O) groups excluding carboxylic acids is 2. The molecule has 2 rings (SSSR count). The van der Waals surface area contributed by atoms with Crippen molar-refractivity contribution in [1.82, 2.24) is 15.2 Å². The maximum Gasteiger partial charge on any atom is 0.242 e. The summed E-state index contributed by atoms with van der Waals surface area (Å²) in [5.41, 5.74) is 1.12. The summed E-state index contributed by atoms with van der Waals surface area (Å²) in [6.07, 6.45) is 6.74. The number of nitrogens with zero attached hydrogens (tertiary/aromatic N) is 2. The molecular formula is C15H21N3O2. The lowest BCUT2D eigenvalue weighted by atomic mass is 10.1. The average molecular weight is 275 g/mol. The van der Waals surface area contributed by atoms with Crippen LogP contribution in [0.15, 0.2) is 24.5 Å². The van der Waals surface area contributed by atoms with E-state index in [0.29, 0.717) is 6.42 Å². The third kappa shape index (κ3) is 3.56. The Morgan fingerprint density at radius 3 is 2.85 bits per heavy atom. The Labute approximate surface area is 119 Å². The Morgan fingerprint density at radius 2 is 2.15 bits per heavy atom. The summed E-state index contributed by atoms with van der Waals surface area (Å²) in [7, 11) is 0. The zero-order valence-corrected chi connectivity index (χ0v) is 11.8. The minimum Gasteiger partial charge on any atom is -0.347 e. The van der Waals surface area contributed by atoms with E-state index in [1.165, 1.54) is 0 Å². The Balaban J connectivity index is 1.93. The molecule has 2 heterocycles. The van der Waals surface area contributed by atoms with Crippen LogP contribution in [-0.2, 0) is 9.59 Å². The molecule has 1 saturated heterocycles. The van der Waals surface area contributed by atoms with Crippen LogP contribution in [0.1, 0.15) is 44.2 Å². The topological polar surface area (TPSA) is 62.3 Å². The highest BCUT2D eigenvalue weighted by atomic mass is 16.2. The predicted octanol–water partition coefficient (Wildman–Crippen LogP) is 1.66. The van der Waals surface area contributed by atoms with Crippen molar-refractivity contribution in [1.29, 1.82) is 0 Å². The molecule has 1 atom stereocenters. The van der Waals surface area contributed by atoms with Gasteiger partial charge in [-0.15, -0.1) is 0 Å². The minimum absolute atomic E-state index is 0.00577. The van der Waals surface area contributed by atoms with Crippen molar-refractivity contribution in [3.8, 4) is 0 Å². The predicted molar refractivity (Wildman–Crippen MR) is 75.8 cm³/mol. The molecule has 108 valence electrons. The Bertz CT molecular complexity index is 461. The lowest BCUT2D eigenvalue weighted by molar-refractivity contribution is -0.133. The van der Waals surface area contributed by atoms with Crippen LogP contribution >= 0.6 is 0 Å². The number of likely N-dealkylation sites (tertiary alicyclic amines) is 1. The lowest BCUT2D eigenvalue weighted by Crippen LogP contribution is -2.39. The van der Waals surface area contributed by atoms with Gasteiger partial charge >= 0.3 is 0 Å². The molecule has 1 N–H and O–H groups in total. The number of pyridine rings is 1. The molecule has 0 saturated carbocycles. The van der Waals surface area contributed by atoms with Crippen LogP contribution in [0.2, 0.25) is 0 Å². The van der Waals surface area contributed by atoms with E-state index in [1.54, 1.807) is 12.4 Å². The summed E-state index contributed by atoms with van der Waals surface area (Å²) < 4.78 is 0. The first-order valence-electron chi connectivity index (χ1n) is 7.18. The van der Waals surface area contributed by atoms with Gasteiger partial charge < -0.3 is 10.2 Å². The number of aromatic nitrogens is 1. The maximum absolute atomic E-state index is 12.2. The molecular weight excluding hydrogens is 254 g/mol. The smallest absolute Gasteiger partial charge is 0.242 e. The number of amides is 2. The highest BCUT2D eigenvalue weighted by Gasteiger charge is 2.29. The van der Waals surface area contributed by atoms with Crippen molar-refractivity contribution in [3.63, 3.8) is 0 Å². The van der Waals surface area contributed by atoms with Crippen molar-refractivity contribution < 1.29 is 9.59 Å². The summed E-state index contributed by atoms with van der Waals surface area (Å²) in [5, 5.41) is 2.69. The van der Waals surface area contributed by atoms with E-state index in [0.717, 1.165) is 31.4 Å². The molecule has 1 aliphatic rings. The molecule has 1 fully saturated rings. The molecule has 0 bridgehead atoms. The molecule has 5 heteroatoms. The monoisotopic (exact) mass is 275 g/mol. The average Bonchev–Trinajstić information content (AvgIpc) is 2.95. The van der Waals surface area contributed by atoms with Crippen molar-refractivity contribution >= 4 is 11.8 Å². The van der Waals surface area contributed by atoms with Crippen molar-refractivity contribution in [3.05, 3.63) is 30.1 Å². The molecule has 0 aromatic carbocycles. The molecule has 1 aromatic rings. The van der Waals surface area contributed by atoms with Gasteiger partial charge in [0, 0.05) is 25.4 Å². The first-order chi connectivity index (χ1) is 9.72. The van der Waals surface area contributed by atoms with Crippen molar-refractivity contribution in [2.75, 3.05) is 13.1 Å². The van der Waals surface area contributed by atoms with E-state index in [2.05, 4.69) is 10.3 Å². The van der Waals surface area contributed by atoms with E-state index >= 15 is 0 Å². The molecule has 1 aromatic heterocycles. The number of carbonyl (C=O) groups is 2. The van der Waals surface area contributed by atoms with E-state index in [9.17, 15) is 9.59 Å². The van der Waals surface area contributed by atoms with E-state index in [-0.39, 0.29) is 24.4 Å². The second-order valence-corrected chi connectivity index (χ2v) is 5.05. The van der Waals surface area contributed by atoms with E-state index < -0.39 is 0 Å².